The summed E-state index contributed by atoms with van der Waals surface area (Å²) in [6.45, 7) is 3.10. The topological polar surface area (TPSA) is 57.8 Å². The number of rotatable bonds is 3. The summed E-state index contributed by atoms with van der Waals surface area (Å²) in [4.78, 5) is 12.3. The number of hydrogen-bond donors (Lipinski definition) is 2. The van der Waals surface area contributed by atoms with Crippen LogP contribution in [0.3, 0.4) is 0 Å². The summed E-state index contributed by atoms with van der Waals surface area (Å²) >= 11 is 0. The largest absolute Gasteiger partial charge is 0.350 e. The number of H-pyrrole nitrogens is 1. The first kappa shape index (κ1) is 11.5. The van der Waals surface area contributed by atoms with Crippen molar-refractivity contribution in [2.45, 2.75) is 39.0 Å². The molecule has 0 bridgehead atoms. The van der Waals surface area contributed by atoms with E-state index in [1.165, 1.54) is 25.0 Å². The second-order valence-corrected chi connectivity index (χ2v) is 6.66. The van der Waals surface area contributed by atoms with Crippen LogP contribution in [-0.4, -0.2) is 22.6 Å². The van der Waals surface area contributed by atoms with Gasteiger partial charge < -0.3 is 5.32 Å². The van der Waals surface area contributed by atoms with Gasteiger partial charge in [0.25, 0.3) is 5.91 Å². The Morgan fingerprint density at radius 1 is 1.37 bits per heavy atom. The van der Waals surface area contributed by atoms with Crippen molar-refractivity contribution in [3.8, 4) is 0 Å². The van der Waals surface area contributed by atoms with Gasteiger partial charge in [-0.05, 0) is 55.8 Å². The average molecular weight is 259 g/mol. The molecule has 102 valence electrons. The van der Waals surface area contributed by atoms with Crippen molar-refractivity contribution in [1.82, 2.24) is 15.5 Å². The Balaban J connectivity index is 1.43. The number of nitrogens with zero attached hydrogens (tertiary/aromatic N) is 1. The number of nitrogens with one attached hydrogen (secondary N) is 2. The zero-order valence-electron chi connectivity index (χ0n) is 11.4. The minimum absolute atomic E-state index is 0.0258. The summed E-state index contributed by atoms with van der Waals surface area (Å²) in [5, 5.41) is 10.4. The molecule has 4 rings (SSSR count). The highest BCUT2D eigenvalue weighted by Gasteiger charge is 2.55. The van der Waals surface area contributed by atoms with E-state index >= 15 is 0 Å². The van der Waals surface area contributed by atoms with Crippen molar-refractivity contribution >= 4 is 5.91 Å². The van der Waals surface area contributed by atoms with Crippen molar-refractivity contribution in [2.75, 3.05) is 6.54 Å². The number of aromatic amines is 1. The van der Waals surface area contributed by atoms with Crippen LogP contribution in [0.1, 0.15) is 47.9 Å². The molecule has 3 aliphatic rings. The molecule has 1 heterocycles. The van der Waals surface area contributed by atoms with Crippen LogP contribution in [0.25, 0.3) is 0 Å². The molecule has 1 aromatic heterocycles. The van der Waals surface area contributed by atoms with Crippen LogP contribution in [0.15, 0.2) is 0 Å². The normalized spacial score (nSPS) is 35.0. The van der Waals surface area contributed by atoms with Gasteiger partial charge in [0.2, 0.25) is 0 Å². The highest BCUT2D eigenvalue weighted by atomic mass is 16.1. The van der Waals surface area contributed by atoms with Crippen molar-refractivity contribution in [3.05, 3.63) is 17.0 Å². The van der Waals surface area contributed by atoms with Crippen LogP contribution in [-0.2, 0) is 12.8 Å². The Kier molecular flexibility index (Phi) is 2.47. The van der Waals surface area contributed by atoms with E-state index in [9.17, 15) is 4.79 Å². The highest BCUT2D eigenvalue weighted by Crippen LogP contribution is 2.60. The predicted octanol–water partition coefficient (Wildman–Crippen LogP) is 1.92. The average Bonchev–Trinajstić information content (AvgIpc) is 2.72. The molecule has 0 saturated heterocycles. The third kappa shape index (κ3) is 1.80. The molecule has 19 heavy (non-hydrogen) atoms. The van der Waals surface area contributed by atoms with Gasteiger partial charge in [0.1, 0.15) is 0 Å². The molecule has 2 fully saturated rings. The van der Waals surface area contributed by atoms with Gasteiger partial charge in [0.15, 0.2) is 5.69 Å². The summed E-state index contributed by atoms with van der Waals surface area (Å²) in [7, 11) is 0. The Hall–Kier alpha value is -1.32. The number of carbonyl (C=O) groups excluding carboxylic acids is 1. The first-order chi connectivity index (χ1) is 9.24. The molecule has 0 aromatic carbocycles. The number of aryl methyl sites for hydroxylation is 1. The van der Waals surface area contributed by atoms with Crippen LogP contribution >= 0.6 is 0 Å². The molecule has 0 spiro atoms. The number of hydrogen-bond acceptors (Lipinski definition) is 2. The molecule has 3 unspecified atom stereocenters. The maximum absolute atomic E-state index is 12.3. The van der Waals surface area contributed by atoms with E-state index in [2.05, 4.69) is 22.4 Å². The Labute approximate surface area is 113 Å². The summed E-state index contributed by atoms with van der Waals surface area (Å²) < 4.78 is 0. The number of fused-ring (bicyclic) bond motifs is 2. The zero-order valence-corrected chi connectivity index (χ0v) is 11.4. The second-order valence-electron chi connectivity index (χ2n) is 6.66. The molecule has 3 aliphatic carbocycles. The Morgan fingerprint density at radius 3 is 2.89 bits per heavy atom. The Bertz CT molecular complexity index is 511. The van der Waals surface area contributed by atoms with Crippen molar-refractivity contribution in [1.29, 1.82) is 0 Å². The molecule has 3 atom stereocenters. The zero-order chi connectivity index (χ0) is 13.0. The minimum Gasteiger partial charge on any atom is -0.350 e. The van der Waals surface area contributed by atoms with Crippen LogP contribution in [0.2, 0.25) is 0 Å². The summed E-state index contributed by atoms with van der Waals surface area (Å²) in [5.74, 6) is 3.30. The third-order valence-corrected chi connectivity index (χ3v) is 5.45. The van der Waals surface area contributed by atoms with Crippen molar-refractivity contribution in [2.24, 2.45) is 23.7 Å². The maximum Gasteiger partial charge on any atom is 0.272 e. The molecule has 2 saturated carbocycles. The van der Waals surface area contributed by atoms with Gasteiger partial charge in [0.05, 0.1) is 0 Å². The fourth-order valence-electron chi connectivity index (χ4n) is 3.96. The van der Waals surface area contributed by atoms with E-state index in [-0.39, 0.29) is 5.91 Å². The van der Waals surface area contributed by atoms with Gasteiger partial charge in [-0.15, -0.1) is 0 Å². The van der Waals surface area contributed by atoms with Crippen LogP contribution in [0.4, 0.5) is 0 Å². The third-order valence-electron chi connectivity index (χ3n) is 5.45. The molecule has 0 radical (unpaired) electrons. The van der Waals surface area contributed by atoms with Gasteiger partial charge in [-0.2, -0.15) is 5.10 Å². The first-order valence-corrected chi connectivity index (χ1v) is 7.58. The van der Waals surface area contributed by atoms with E-state index in [4.69, 9.17) is 0 Å². The molecule has 2 N–H and O–H groups in total. The van der Waals surface area contributed by atoms with Gasteiger partial charge in [-0.25, -0.2) is 0 Å². The standard InChI is InChI=1S/C15H21N3O/c1-8-2-5-13-11(6-8)14(18-17-13)15(19)16-7-12-9-3-4-10(9)12/h8-10,12H,2-7H2,1H3,(H,16,19)(H,17,18). The summed E-state index contributed by atoms with van der Waals surface area (Å²) in [6, 6.07) is 0. The van der Waals surface area contributed by atoms with Gasteiger partial charge in [-0.3, -0.25) is 9.89 Å². The molecular formula is C15H21N3O. The number of carbonyl (C=O) groups is 1. The SMILES string of the molecule is CC1CCc2[nH]nc(C(=O)NCC3C4CCC43)c2C1. The molecule has 4 nitrogen and oxygen atoms in total. The van der Waals surface area contributed by atoms with E-state index < -0.39 is 0 Å². The molecular weight excluding hydrogens is 238 g/mol. The highest BCUT2D eigenvalue weighted by molar-refractivity contribution is 5.94. The molecule has 1 amide bonds. The Morgan fingerprint density at radius 2 is 2.16 bits per heavy atom. The second kappa shape index (κ2) is 4.09. The lowest BCUT2D eigenvalue weighted by Crippen LogP contribution is -2.28. The van der Waals surface area contributed by atoms with Gasteiger partial charge >= 0.3 is 0 Å². The molecule has 0 aliphatic heterocycles. The van der Waals surface area contributed by atoms with Crippen LogP contribution in [0.5, 0.6) is 0 Å². The van der Waals surface area contributed by atoms with E-state index in [0.29, 0.717) is 11.6 Å². The van der Waals surface area contributed by atoms with E-state index in [0.717, 1.165) is 42.7 Å². The summed E-state index contributed by atoms with van der Waals surface area (Å²) in [6.07, 6.45) is 5.97. The van der Waals surface area contributed by atoms with Crippen LogP contribution in [0, 0.1) is 23.7 Å². The lowest BCUT2D eigenvalue weighted by molar-refractivity contribution is 0.0945. The smallest absolute Gasteiger partial charge is 0.272 e. The maximum atomic E-state index is 12.3. The van der Waals surface area contributed by atoms with Crippen molar-refractivity contribution in [3.63, 3.8) is 0 Å². The first-order valence-electron chi connectivity index (χ1n) is 7.58. The molecule has 1 aromatic rings. The van der Waals surface area contributed by atoms with Crippen LogP contribution < -0.4 is 5.32 Å². The van der Waals surface area contributed by atoms with Gasteiger partial charge in [0, 0.05) is 17.8 Å². The van der Waals surface area contributed by atoms with E-state index in [1.54, 1.807) is 0 Å². The lowest BCUT2D eigenvalue weighted by Gasteiger charge is -2.17. The predicted molar refractivity (Wildman–Crippen MR) is 71.8 cm³/mol. The van der Waals surface area contributed by atoms with Crippen molar-refractivity contribution < 1.29 is 4.79 Å². The van der Waals surface area contributed by atoms with Gasteiger partial charge in [-0.1, -0.05) is 6.92 Å². The lowest BCUT2D eigenvalue weighted by atomic mass is 9.87. The monoisotopic (exact) mass is 259 g/mol. The van der Waals surface area contributed by atoms with E-state index in [1.807, 2.05) is 0 Å². The number of aromatic nitrogens is 2. The summed E-state index contributed by atoms with van der Waals surface area (Å²) in [5.41, 5.74) is 2.99. The fraction of sp³-hybridized carbons (Fsp3) is 0.733. The number of amides is 1. The fourth-order valence-corrected chi connectivity index (χ4v) is 3.96. The minimum atomic E-state index is 0.0258. The molecule has 4 heteroatoms. The quantitative estimate of drug-likeness (QED) is 0.871.